The second-order valence-electron chi connectivity index (χ2n) is 4.70. The SMILES string of the molecule is CN1CCC(n2ccc3cc(Cl)nnc32)CC1. The fraction of sp³-hybridized carbons (Fsp3) is 0.500. The number of aromatic nitrogens is 3. The topological polar surface area (TPSA) is 34.0 Å². The highest BCUT2D eigenvalue weighted by Crippen LogP contribution is 2.26. The van der Waals surface area contributed by atoms with Crippen molar-refractivity contribution in [1.29, 1.82) is 0 Å². The lowest BCUT2D eigenvalue weighted by atomic mass is 10.1. The van der Waals surface area contributed by atoms with E-state index in [1.165, 1.54) is 12.8 Å². The molecule has 0 atom stereocenters. The number of nitrogens with zero attached hydrogens (tertiary/aromatic N) is 4. The molecule has 0 N–H and O–H groups in total. The molecule has 0 bridgehead atoms. The maximum absolute atomic E-state index is 5.84. The predicted molar refractivity (Wildman–Crippen MR) is 68.3 cm³/mol. The summed E-state index contributed by atoms with van der Waals surface area (Å²) in [6.45, 7) is 2.29. The first-order chi connectivity index (χ1) is 8.24. The van der Waals surface area contributed by atoms with Crippen LogP contribution in [0.2, 0.25) is 5.15 Å². The van der Waals surface area contributed by atoms with Crippen molar-refractivity contribution in [2.24, 2.45) is 0 Å². The van der Waals surface area contributed by atoms with E-state index in [0.29, 0.717) is 11.2 Å². The first-order valence-electron chi connectivity index (χ1n) is 5.92. The molecule has 0 spiro atoms. The highest BCUT2D eigenvalue weighted by Gasteiger charge is 2.19. The summed E-state index contributed by atoms with van der Waals surface area (Å²) in [5, 5.41) is 9.67. The summed E-state index contributed by atoms with van der Waals surface area (Å²) in [5.41, 5.74) is 0.948. The van der Waals surface area contributed by atoms with E-state index in [2.05, 4.69) is 39.0 Å². The Bertz CT molecular complexity index is 528. The van der Waals surface area contributed by atoms with Crippen molar-refractivity contribution in [3.8, 4) is 0 Å². The molecule has 3 rings (SSSR count). The number of rotatable bonds is 1. The monoisotopic (exact) mass is 250 g/mol. The van der Waals surface area contributed by atoms with Gasteiger partial charge in [-0.15, -0.1) is 10.2 Å². The van der Waals surface area contributed by atoms with Crippen LogP contribution in [0.5, 0.6) is 0 Å². The molecule has 1 saturated heterocycles. The highest BCUT2D eigenvalue weighted by atomic mass is 35.5. The van der Waals surface area contributed by atoms with Gasteiger partial charge in [0.05, 0.1) is 0 Å². The molecule has 1 aliphatic heterocycles. The molecular formula is C12H15ClN4. The number of fused-ring (bicyclic) bond motifs is 1. The van der Waals surface area contributed by atoms with Crippen molar-refractivity contribution < 1.29 is 0 Å². The first-order valence-corrected chi connectivity index (χ1v) is 6.30. The van der Waals surface area contributed by atoms with Crippen LogP contribution in [0, 0.1) is 0 Å². The van der Waals surface area contributed by atoms with E-state index in [4.69, 9.17) is 11.6 Å². The van der Waals surface area contributed by atoms with E-state index >= 15 is 0 Å². The predicted octanol–water partition coefficient (Wildman–Crippen LogP) is 2.35. The summed E-state index contributed by atoms with van der Waals surface area (Å²) in [4.78, 5) is 2.37. The Labute approximate surface area is 105 Å². The molecule has 0 aromatic carbocycles. The van der Waals surface area contributed by atoms with Gasteiger partial charge in [0.25, 0.3) is 0 Å². The van der Waals surface area contributed by atoms with Gasteiger partial charge in [-0.05, 0) is 45.1 Å². The summed E-state index contributed by atoms with van der Waals surface area (Å²) >= 11 is 5.84. The summed E-state index contributed by atoms with van der Waals surface area (Å²) in [6.07, 6.45) is 4.45. The molecule has 0 aliphatic carbocycles. The van der Waals surface area contributed by atoms with Crippen molar-refractivity contribution in [1.82, 2.24) is 19.7 Å². The molecule has 4 nitrogen and oxygen atoms in total. The number of hydrogen-bond donors (Lipinski definition) is 0. The highest BCUT2D eigenvalue weighted by molar-refractivity contribution is 6.29. The Morgan fingerprint density at radius 3 is 2.82 bits per heavy atom. The van der Waals surface area contributed by atoms with Crippen LogP contribution in [0.3, 0.4) is 0 Å². The fourth-order valence-electron chi connectivity index (χ4n) is 2.50. The maximum Gasteiger partial charge on any atom is 0.162 e. The van der Waals surface area contributed by atoms with E-state index in [1.807, 2.05) is 6.07 Å². The summed E-state index contributed by atoms with van der Waals surface area (Å²) in [5.74, 6) is 0. The van der Waals surface area contributed by atoms with Crippen LogP contribution in [0.1, 0.15) is 18.9 Å². The van der Waals surface area contributed by atoms with Gasteiger partial charge in [0.1, 0.15) is 0 Å². The molecule has 17 heavy (non-hydrogen) atoms. The van der Waals surface area contributed by atoms with Gasteiger partial charge in [-0.25, -0.2) is 0 Å². The second-order valence-corrected chi connectivity index (χ2v) is 5.09. The van der Waals surface area contributed by atoms with Gasteiger partial charge in [-0.2, -0.15) is 0 Å². The molecular weight excluding hydrogens is 236 g/mol. The van der Waals surface area contributed by atoms with Gasteiger partial charge in [0.2, 0.25) is 0 Å². The Morgan fingerprint density at radius 1 is 1.29 bits per heavy atom. The van der Waals surface area contributed by atoms with Gasteiger partial charge in [-0.1, -0.05) is 11.6 Å². The van der Waals surface area contributed by atoms with Crippen molar-refractivity contribution in [2.75, 3.05) is 20.1 Å². The zero-order valence-electron chi connectivity index (χ0n) is 9.80. The average molecular weight is 251 g/mol. The summed E-state index contributed by atoms with van der Waals surface area (Å²) < 4.78 is 2.24. The lowest BCUT2D eigenvalue weighted by molar-refractivity contribution is 0.223. The minimum Gasteiger partial charge on any atom is -0.328 e. The molecule has 5 heteroatoms. The van der Waals surface area contributed by atoms with Crippen LogP contribution in [-0.2, 0) is 0 Å². The van der Waals surface area contributed by atoms with Gasteiger partial charge < -0.3 is 9.47 Å². The Kier molecular flexibility index (Phi) is 2.76. The van der Waals surface area contributed by atoms with Gasteiger partial charge in [0.15, 0.2) is 10.8 Å². The molecule has 0 unspecified atom stereocenters. The molecule has 0 saturated carbocycles. The quantitative estimate of drug-likeness (QED) is 0.779. The molecule has 1 fully saturated rings. The molecule has 0 radical (unpaired) electrons. The lowest BCUT2D eigenvalue weighted by Gasteiger charge is -2.30. The van der Waals surface area contributed by atoms with E-state index < -0.39 is 0 Å². The third-order valence-electron chi connectivity index (χ3n) is 3.51. The minimum absolute atomic E-state index is 0.457. The largest absolute Gasteiger partial charge is 0.328 e. The standard InChI is InChI=1S/C12H15ClN4/c1-16-5-3-10(4-6-16)17-7-2-9-8-11(13)14-15-12(9)17/h2,7-8,10H,3-6H2,1H3. The van der Waals surface area contributed by atoms with Crippen LogP contribution in [0.15, 0.2) is 18.3 Å². The van der Waals surface area contributed by atoms with Crippen LogP contribution in [0.25, 0.3) is 11.0 Å². The molecule has 0 amide bonds. The van der Waals surface area contributed by atoms with E-state index in [1.54, 1.807) is 0 Å². The number of halogens is 1. The molecule has 1 aliphatic rings. The van der Waals surface area contributed by atoms with E-state index in [-0.39, 0.29) is 0 Å². The Hall–Kier alpha value is -1.13. The molecule has 90 valence electrons. The molecule has 2 aromatic rings. The van der Waals surface area contributed by atoms with Gasteiger partial charge in [0, 0.05) is 17.6 Å². The number of hydrogen-bond acceptors (Lipinski definition) is 3. The van der Waals surface area contributed by atoms with Crippen molar-refractivity contribution in [3.05, 3.63) is 23.5 Å². The zero-order valence-corrected chi connectivity index (χ0v) is 10.6. The summed E-state index contributed by atoms with van der Waals surface area (Å²) in [7, 11) is 2.17. The van der Waals surface area contributed by atoms with Crippen molar-refractivity contribution in [3.63, 3.8) is 0 Å². The normalized spacial score (nSPS) is 18.9. The van der Waals surface area contributed by atoms with E-state index in [9.17, 15) is 0 Å². The average Bonchev–Trinajstić information content (AvgIpc) is 2.73. The van der Waals surface area contributed by atoms with Gasteiger partial charge in [-0.3, -0.25) is 0 Å². The van der Waals surface area contributed by atoms with Crippen LogP contribution >= 0.6 is 11.6 Å². The van der Waals surface area contributed by atoms with Crippen molar-refractivity contribution >= 4 is 22.6 Å². The molecule has 3 heterocycles. The first kappa shape index (κ1) is 11.0. The van der Waals surface area contributed by atoms with Crippen LogP contribution in [0.4, 0.5) is 0 Å². The molecule has 2 aromatic heterocycles. The van der Waals surface area contributed by atoms with Crippen molar-refractivity contribution in [2.45, 2.75) is 18.9 Å². The third-order valence-corrected chi connectivity index (χ3v) is 3.70. The summed E-state index contributed by atoms with van der Waals surface area (Å²) in [6, 6.07) is 4.47. The van der Waals surface area contributed by atoms with Crippen LogP contribution < -0.4 is 0 Å². The Balaban J connectivity index is 1.95. The number of likely N-dealkylation sites (tertiary alicyclic amines) is 1. The van der Waals surface area contributed by atoms with Crippen LogP contribution in [-0.4, -0.2) is 39.8 Å². The minimum atomic E-state index is 0.457. The third kappa shape index (κ3) is 2.03. The van der Waals surface area contributed by atoms with E-state index in [0.717, 1.165) is 24.1 Å². The second kappa shape index (κ2) is 4.27. The zero-order chi connectivity index (χ0) is 11.8. The fourth-order valence-corrected chi connectivity index (χ4v) is 2.65. The van der Waals surface area contributed by atoms with Gasteiger partial charge >= 0.3 is 0 Å². The smallest absolute Gasteiger partial charge is 0.162 e. The number of piperidine rings is 1. The lowest BCUT2D eigenvalue weighted by Crippen LogP contribution is -2.31. The Morgan fingerprint density at radius 2 is 2.06 bits per heavy atom. The maximum atomic E-state index is 5.84.